The van der Waals surface area contributed by atoms with Crippen LogP contribution >= 0.6 is 22.9 Å². The van der Waals surface area contributed by atoms with E-state index in [-0.39, 0.29) is 0 Å². The lowest BCUT2D eigenvalue weighted by Crippen LogP contribution is -2.12. The summed E-state index contributed by atoms with van der Waals surface area (Å²) in [4.78, 5) is 5.73. The van der Waals surface area contributed by atoms with Crippen molar-refractivity contribution in [3.63, 3.8) is 0 Å². The molecule has 0 saturated heterocycles. The van der Waals surface area contributed by atoms with E-state index in [1.165, 1.54) is 4.88 Å². The average Bonchev–Trinajstić information content (AvgIpc) is 2.80. The van der Waals surface area contributed by atoms with Gasteiger partial charge in [-0.3, -0.25) is 0 Å². The van der Waals surface area contributed by atoms with Gasteiger partial charge in [0.2, 0.25) is 0 Å². The van der Waals surface area contributed by atoms with Gasteiger partial charge in [0.15, 0.2) is 0 Å². The average molecular weight is 281 g/mol. The molecule has 0 aliphatic heterocycles. The van der Waals surface area contributed by atoms with Crippen LogP contribution in [0.4, 0.5) is 0 Å². The topological polar surface area (TPSA) is 24.9 Å². The van der Waals surface area contributed by atoms with Crippen molar-refractivity contribution in [1.82, 2.24) is 10.3 Å². The van der Waals surface area contributed by atoms with E-state index in [2.05, 4.69) is 23.3 Å². The first kappa shape index (κ1) is 13.5. The van der Waals surface area contributed by atoms with E-state index in [0.29, 0.717) is 0 Å². The molecule has 1 heterocycles. The van der Waals surface area contributed by atoms with Gasteiger partial charge in [0.25, 0.3) is 0 Å². The first-order chi connectivity index (χ1) is 8.79. The van der Waals surface area contributed by atoms with Crippen molar-refractivity contribution < 1.29 is 0 Å². The molecule has 2 aromatic rings. The minimum atomic E-state index is 0.818. The van der Waals surface area contributed by atoms with Crippen molar-refractivity contribution >= 4 is 22.9 Å². The highest BCUT2D eigenvalue weighted by molar-refractivity contribution is 7.11. The second-order valence-corrected chi connectivity index (χ2v) is 5.77. The molecule has 96 valence electrons. The molecular weight excluding hydrogens is 264 g/mol. The minimum absolute atomic E-state index is 0.818. The second kappa shape index (κ2) is 6.88. The van der Waals surface area contributed by atoms with Crippen LogP contribution in [0.15, 0.2) is 30.5 Å². The maximum absolute atomic E-state index is 6.15. The van der Waals surface area contributed by atoms with E-state index < -0.39 is 0 Å². The molecule has 0 aliphatic carbocycles. The molecule has 1 aromatic heterocycles. The third kappa shape index (κ3) is 3.80. The van der Waals surface area contributed by atoms with Gasteiger partial charge in [-0.25, -0.2) is 4.98 Å². The van der Waals surface area contributed by atoms with Gasteiger partial charge in [-0.05, 0) is 24.6 Å². The summed E-state index contributed by atoms with van der Waals surface area (Å²) in [6, 6.07) is 7.94. The quantitative estimate of drug-likeness (QED) is 0.812. The number of nitrogens with one attached hydrogen (secondary N) is 1. The van der Waals surface area contributed by atoms with E-state index in [4.69, 9.17) is 11.6 Å². The standard InChI is InChI=1S/C14H17ClN2S/c1-2-7-16-9-12-10-17-14(18-12)8-11-5-3-4-6-13(11)15/h3-6,10,16H,2,7-9H2,1H3. The molecule has 0 fully saturated rings. The van der Waals surface area contributed by atoms with Crippen molar-refractivity contribution in [2.24, 2.45) is 0 Å². The Morgan fingerprint density at radius 3 is 2.94 bits per heavy atom. The van der Waals surface area contributed by atoms with Gasteiger partial charge in [0.05, 0.1) is 5.01 Å². The number of benzene rings is 1. The summed E-state index contributed by atoms with van der Waals surface area (Å²) in [5.41, 5.74) is 1.14. The summed E-state index contributed by atoms with van der Waals surface area (Å²) in [5, 5.41) is 5.32. The third-order valence-corrected chi connectivity index (χ3v) is 3.99. The van der Waals surface area contributed by atoms with E-state index >= 15 is 0 Å². The number of halogens is 1. The van der Waals surface area contributed by atoms with Gasteiger partial charge in [-0.1, -0.05) is 36.7 Å². The zero-order valence-electron chi connectivity index (χ0n) is 10.4. The van der Waals surface area contributed by atoms with E-state index in [1.54, 1.807) is 11.3 Å². The molecular formula is C14H17ClN2S. The Labute approximate surface area is 117 Å². The van der Waals surface area contributed by atoms with Crippen LogP contribution in [0.5, 0.6) is 0 Å². The van der Waals surface area contributed by atoms with Crippen LogP contribution in [-0.4, -0.2) is 11.5 Å². The molecule has 0 unspecified atom stereocenters. The van der Waals surface area contributed by atoms with Crippen LogP contribution in [0.2, 0.25) is 5.02 Å². The summed E-state index contributed by atoms with van der Waals surface area (Å²) < 4.78 is 0. The number of hydrogen-bond donors (Lipinski definition) is 1. The molecule has 18 heavy (non-hydrogen) atoms. The Kier molecular flexibility index (Phi) is 5.17. The maximum Gasteiger partial charge on any atom is 0.0972 e. The molecule has 0 aliphatic rings. The molecule has 1 N–H and O–H groups in total. The van der Waals surface area contributed by atoms with Crippen LogP contribution in [0.25, 0.3) is 0 Å². The molecule has 0 spiro atoms. The molecule has 2 nitrogen and oxygen atoms in total. The van der Waals surface area contributed by atoms with Crippen molar-refractivity contribution in [3.8, 4) is 0 Å². The fourth-order valence-corrected chi connectivity index (χ4v) is 2.82. The zero-order chi connectivity index (χ0) is 12.8. The van der Waals surface area contributed by atoms with Crippen molar-refractivity contribution in [2.75, 3.05) is 6.54 Å². The van der Waals surface area contributed by atoms with Crippen LogP contribution in [0.1, 0.15) is 28.8 Å². The first-order valence-electron chi connectivity index (χ1n) is 6.17. The Bertz CT molecular complexity index is 496. The van der Waals surface area contributed by atoms with Crippen LogP contribution < -0.4 is 5.32 Å². The molecule has 0 atom stereocenters. The number of aromatic nitrogens is 1. The van der Waals surface area contributed by atoms with Crippen molar-refractivity contribution in [2.45, 2.75) is 26.3 Å². The van der Waals surface area contributed by atoms with Crippen molar-refractivity contribution in [3.05, 3.63) is 50.9 Å². The SMILES string of the molecule is CCCNCc1cnc(Cc2ccccc2Cl)s1. The fourth-order valence-electron chi connectivity index (χ4n) is 1.70. The molecule has 0 saturated carbocycles. The second-order valence-electron chi connectivity index (χ2n) is 4.17. The fraction of sp³-hybridized carbons (Fsp3) is 0.357. The van der Waals surface area contributed by atoms with E-state index in [9.17, 15) is 0 Å². The summed E-state index contributed by atoms with van der Waals surface area (Å²) in [5.74, 6) is 0. The third-order valence-electron chi connectivity index (χ3n) is 2.63. The monoisotopic (exact) mass is 280 g/mol. The van der Waals surface area contributed by atoms with Gasteiger partial charge >= 0.3 is 0 Å². The van der Waals surface area contributed by atoms with Gasteiger partial charge in [-0.15, -0.1) is 11.3 Å². The largest absolute Gasteiger partial charge is 0.312 e. The maximum atomic E-state index is 6.15. The van der Waals surface area contributed by atoms with E-state index in [1.807, 2.05) is 24.4 Å². The Morgan fingerprint density at radius 1 is 1.33 bits per heavy atom. The van der Waals surface area contributed by atoms with Crippen molar-refractivity contribution in [1.29, 1.82) is 0 Å². The number of hydrogen-bond acceptors (Lipinski definition) is 3. The summed E-state index contributed by atoms with van der Waals surface area (Å²) >= 11 is 7.90. The van der Waals surface area contributed by atoms with Crippen LogP contribution in [0, 0.1) is 0 Å². The summed E-state index contributed by atoms with van der Waals surface area (Å²) in [6.45, 7) is 4.13. The summed E-state index contributed by atoms with van der Waals surface area (Å²) in [6.07, 6.45) is 3.93. The molecule has 1 aromatic carbocycles. The molecule has 2 rings (SSSR count). The molecule has 0 bridgehead atoms. The minimum Gasteiger partial charge on any atom is -0.312 e. The van der Waals surface area contributed by atoms with E-state index in [0.717, 1.165) is 41.5 Å². The zero-order valence-corrected chi connectivity index (χ0v) is 12.0. The lowest BCUT2D eigenvalue weighted by molar-refractivity contribution is 0.681. The highest BCUT2D eigenvalue weighted by atomic mass is 35.5. The van der Waals surface area contributed by atoms with Gasteiger partial charge in [0.1, 0.15) is 0 Å². The predicted molar refractivity (Wildman–Crippen MR) is 78.4 cm³/mol. The molecule has 0 radical (unpaired) electrons. The number of rotatable bonds is 6. The van der Waals surface area contributed by atoms with Crippen LogP contribution in [0.3, 0.4) is 0 Å². The summed E-state index contributed by atoms with van der Waals surface area (Å²) in [7, 11) is 0. The van der Waals surface area contributed by atoms with Gasteiger partial charge in [-0.2, -0.15) is 0 Å². The van der Waals surface area contributed by atoms with Crippen LogP contribution in [-0.2, 0) is 13.0 Å². The van der Waals surface area contributed by atoms with Gasteiger partial charge in [0, 0.05) is 29.1 Å². The normalized spacial score (nSPS) is 10.8. The lowest BCUT2D eigenvalue weighted by atomic mass is 10.2. The molecule has 0 amide bonds. The predicted octanol–water partition coefficient (Wildman–Crippen LogP) is 3.89. The molecule has 4 heteroatoms. The highest BCUT2D eigenvalue weighted by Gasteiger charge is 2.05. The Balaban J connectivity index is 1.96. The smallest absolute Gasteiger partial charge is 0.0972 e. The number of thiazole rings is 1. The lowest BCUT2D eigenvalue weighted by Gasteiger charge is -2.00. The highest BCUT2D eigenvalue weighted by Crippen LogP contribution is 2.21. The first-order valence-corrected chi connectivity index (χ1v) is 7.36. The Morgan fingerprint density at radius 2 is 2.17 bits per heavy atom. The van der Waals surface area contributed by atoms with Gasteiger partial charge < -0.3 is 5.32 Å². The Hall–Kier alpha value is -0.900. The number of nitrogens with zero attached hydrogens (tertiary/aromatic N) is 1.